The van der Waals surface area contributed by atoms with E-state index >= 15 is 0 Å². The standard InChI is InChI=1S/C16H24N2O5S/c1-11-4-5-15(19)14(8-11)16(20)17-6-7-24(21,22)18-9-12(2)23-13(3)10-18/h4-5,8,12-13,19H,6-7,9-10H2,1-3H3,(H,17,20). The average Bonchev–Trinajstić information content (AvgIpc) is 2.48. The molecule has 2 unspecified atom stereocenters. The molecule has 1 aromatic rings. The first-order chi connectivity index (χ1) is 11.2. The zero-order valence-corrected chi connectivity index (χ0v) is 15.0. The lowest BCUT2D eigenvalue weighted by molar-refractivity contribution is -0.0440. The minimum absolute atomic E-state index is 0.0192. The molecule has 8 heteroatoms. The Balaban J connectivity index is 1.93. The molecule has 1 saturated heterocycles. The van der Waals surface area contributed by atoms with Crippen LogP contribution in [-0.4, -0.2) is 61.3 Å². The summed E-state index contributed by atoms with van der Waals surface area (Å²) in [5.74, 6) is -0.808. The van der Waals surface area contributed by atoms with Gasteiger partial charge in [0.05, 0.1) is 23.5 Å². The van der Waals surface area contributed by atoms with Gasteiger partial charge in [0.15, 0.2) is 0 Å². The van der Waals surface area contributed by atoms with E-state index in [0.29, 0.717) is 13.1 Å². The normalized spacial score (nSPS) is 22.3. The minimum Gasteiger partial charge on any atom is -0.507 e. The maximum absolute atomic E-state index is 12.4. The molecule has 1 aliphatic heterocycles. The van der Waals surface area contributed by atoms with E-state index in [2.05, 4.69) is 5.32 Å². The van der Waals surface area contributed by atoms with E-state index in [1.54, 1.807) is 19.1 Å². The highest BCUT2D eigenvalue weighted by molar-refractivity contribution is 7.89. The van der Waals surface area contributed by atoms with Gasteiger partial charge in [0, 0.05) is 19.6 Å². The molecular formula is C16H24N2O5S. The molecule has 24 heavy (non-hydrogen) atoms. The van der Waals surface area contributed by atoms with Gasteiger partial charge in [-0.1, -0.05) is 11.6 Å². The van der Waals surface area contributed by atoms with Crippen LogP contribution < -0.4 is 5.32 Å². The van der Waals surface area contributed by atoms with Crippen LogP contribution in [0.15, 0.2) is 18.2 Å². The second-order valence-corrected chi connectivity index (χ2v) is 8.26. The second kappa shape index (κ2) is 7.50. The van der Waals surface area contributed by atoms with E-state index in [1.165, 1.54) is 10.4 Å². The van der Waals surface area contributed by atoms with E-state index in [0.717, 1.165) is 5.56 Å². The monoisotopic (exact) mass is 356 g/mol. The average molecular weight is 356 g/mol. The van der Waals surface area contributed by atoms with Crippen LogP contribution in [0.25, 0.3) is 0 Å². The Labute approximate surface area is 142 Å². The first kappa shape index (κ1) is 18.7. The number of hydrogen-bond donors (Lipinski definition) is 2. The van der Waals surface area contributed by atoms with Crippen LogP contribution in [0.1, 0.15) is 29.8 Å². The van der Waals surface area contributed by atoms with Gasteiger partial charge in [-0.2, -0.15) is 4.31 Å². The Morgan fingerprint density at radius 1 is 1.33 bits per heavy atom. The Morgan fingerprint density at radius 3 is 2.58 bits per heavy atom. The summed E-state index contributed by atoms with van der Waals surface area (Å²) in [5, 5.41) is 12.3. The number of amides is 1. The van der Waals surface area contributed by atoms with Crippen molar-refractivity contribution in [2.75, 3.05) is 25.4 Å². The van der Waals surface area contributed by atoms with Gasteiger partial charge < -0.3 is 15.2 Å². The molecule has 1 heterocycles. The summed E-state index contributed by atoms with van der Waals surface area (Å²) in [4.78, 5) is 12.1. The lowest BCUT2D eigenvalue weighted by Crippen LogP contribution is -2.49. The number of phenols is 1. The number of nitrogens with one attached hydrogen (secondary N) is 1. The molecule has 1 aromatic carbocycles. The SMILES string of the molecule is Cc1ccc(O)c(C(=O)NCCS(=O)(=O)N2CC(C)OC(C)C2)c1. The Morgan fingerprint density at radius 2 is 1.96 bits per heavy atom. The summed E-state index contributed by atoms with van der Waals surface area (Å²) in [6.45, 7) is 6.09. The van der Waals surface area contributed by atoms with Crippen LogP contribution in [0.2, 0.25) is 0 Å². The fourth-order valence-corrected chi connectivity index (χ4v) is 4.20. The van der Waals surface area contributed by atoms with Crippen LogP contribution in [-0.2, 0) is 14.8 Å². The van der Waals surface area contributed by atoms with E-state index in [9.17, 15) is 18.3 Å². The van der Waals surface area contributed by atoms with Crippen LogP contribution >= 0.6 is 0 Å². The van der Waals surface area contributed by atoms with Crippen LogP contribution in [0.3, 0.4) is 0 Å². The Hall–Kier alpha value is -1.64. The molecule has 0 saturated carbocycles. The van der Waals surface area contributed by atoms with Crippen molar-refractivity contribution in [3.63, 3.8) is 0 Å². The maximum Gasteiger partial charge on any atom is 0.255 e. The molecule has 2 N–H and O–H groups in total. The van der Waals surface area contributed by atoms with Crippen LogP contribution in [0.5, 0.6) is 5.75 Å². The predicted molar refractivity (Wildman–Crippen MR) is 90.5 cm³/mol. The zero-order valence-electron chi connectivity index (χ0n) is 14.2. The number of nitrogens with zero attached hydrogens (tertiary/aromatic N) is 1. The van der Waals surface area contributed by atoms with Gasteiger partial charge in [-0.05, 0) is 32.9 Å². The molecule has 0 radical (unpaired) electrons. The van der Waals surface area contributed by atoms with Gasteiger partial charge in [0.2, 0.25) is 10.0 Å². The number of ether oxygens (including phenoxy) is 1. The van der Waals surface area contributed by atoms with Gasteiger partial charge in [-0.3, -0.25) is 4.79 Å². The summed E-state index contributed by atoms with van der Waals surface area (Å²) in [5.41, 5.74) is 0.975. The van der Waals surface area contributed by atoms with Gasteiger partial charge >= 0.3 is 0 Å². The summed E-state index contributed by atoms with van der Waals surface area (Å²) in [6, 6.07) is 4.69. The molecule has 7 nitrogen and oxygen atoms in total. The smallest absolute Gasteiger partial charge is 0.255 e. The van der Waals surface area contributed by atoms with E-state index in [1.807, 2.05) is 13.8 Å². The third-order valence-electron chi connectivity index (χ3n) is 3.82. The van der Waals surface area contributed by atoms with Crippen molar-refractivity contribution in [1.82, 2.24) is 9.62 Å². The third kappa shape index (κ3) is 4.68. The minimum atomic E-state index is -3.47. The van der Waals surface area contributed by atoms with Gasteiger partial charge in [0.1, 0.15) is 5.75 Å². The summed E-state index contributed by atoms with van der Waals surface area (Å²) in [6.07, 6.45) is -0.301. The Bertz CT molecular complexity index is 694. The van der Waals surface area contributed by atoms with Crippen molar-refractivity contribution in [2.24, 2.45) is 0 Å². The quantitative estimate of drug-likeness (QED) is 0.816. The van der Waals surface area contributed by atoms with Crippen molar-refractivity contribution in [3.05, 3.63) is 29.3 Å². The zero-order chi connectivity index (χ0) is 17.9. The number of aryl methyl sites for hydroxylation is 1. The molecule has 1 amide bonds. The highest BCUT2D eigenvalue weighted by Gasteiger charge is 2.30. The highest BCUT2D eigenvalue weighted by Crippen LogP contribution is 2.18. The highest BCUT2D eigenvalue weighted by atomic mass is 32.2. The van der Waals surface area contributed by atoms with Gasteiger partial charge in [0.25, 0.3) is 5.91 Å². The number of phenolic OH excluding ortho intramolecular Hbond substituents is 1. The molecule has 1 fully saturated rings. The summed E-state index contributed by atoms with van der Waals surface area (Å²) < 4.78 is 31.7. The van der Waals surface area contributed by atoms with E-state index in [4.69, 9.17) is 4.74 Å². The molecule has 0 spiro atoms. The Kier molecular flexibility index (Phi) is 5.84. The topological polar surface area (TPSA) is 95.9 Å². The number of rotatable bonds is 5. The number of morpholine rings is 1. The van der Waals surface area contributed by atoms with Crippen molar-refractivity contribution < 1.29 is 23.1 Å². The van der Waals surface area contributed by atoms with Crippen molar-refractivity contribution >= 4 is 15.9 Å². The predicted octanol–water partition coefficient (Wildman–Crippen LogP) is 0.869. The largest absolute Gasteiger partial charge is 0.507 e. The van der Waals surface area contributed by atoms with Crippen LogP contribution in [0.4, 0.5) is 0 Å². The van der Waals surface area contributed by atoms with Gasteiger partial charge in [-0.25, -0.2) is 8.42 Å². The van der Waals surface area contributed by atoms with Crippen LogP contribution in [0, 0.1) is 6.92 Å². The molecule has 1 aliphatic rings. The third-order valence-corrected chi connectivity index (χ3v) is 5.63. The van der Waals surface area contributed by atoms with E-state index < -0.39 is 15.9 Å². The first-order valence-corrected chi connectivity index (χ1v) is 9.51. The fourth-order valence-electron chi connectivity index (χ4n) is 2.71. The second-order valence-electron chi connectivity index (χ2n) is 6.17. The van der Waals surface area contributed by atoms with Crippen molar-refractivity contribution in [3.8, 4) is 5.75 Å². The molecule has 0 bridgehead atoms. The van der Waals surface area contributed by atoms with Crippen molar-refractivity contribution in [1.29, 1.82) is 0 Å². The van der Waals surface area contributed by atoms with Crippen molar-refractivity contribution in [2.45, 2.75) is 33.0 Å². The lowest BCUT2D eigenvalue weighted by atomic mass is 10.1. The number of carbonyl (C=O) groups excluding carboxylic acids is 1. The number of benzene rings is 1. The maximum atomic E-state index is 12.4. The fraction of sp³-hybridized carbons (Fsp3) is 0.562. The molecule has 0 aromatic heterocycles. The number of sulfonamides is 1. The lowest BCUT2D eigenvalue weighted by Gasteiger charge is -2.34. The molecular weight excluding hydrogens is 332 g/mol. The number of carbonyl (C=O) groups is 1. The molecule has 2 atom stereocenters. The molecule has 2 rings (SSSR count). The number of hydrogen-bond acceptors (Lipinski definition) is 5. The first-order valence-electron chi connectivity index (χ1n) is 7.90. The van der Waals surface area contributed by atoms with E-state index in [-0.39, 0.29) is 35.8 Å². The molecule has 134 valence electrons. The summed E-state index contributed by atoms with van der Waals surface area (Å²) >= 11 is 0. The number of aromatic hydroxyl groups is 1. The molecule has 0 aliphatic carbocycles. The summed E-state index contributed by atoms with van der Waals surface area (Å²) in [7, 11) is -3.47. The van der Waals surface area contributed by atoms with Gasteiger partial charge in [-0.15, -0.1) is 0 Å².